The summed E-state index contributed by atoms with van der Waals surface area (Å²) >= 11 is 1.51. The Morgan fingerprint density at radius 2 is 2.13 bits per heavy atom. The molecule has 0 fully saturated rings. The van der Waals surface area contributed by atoms with E-state index in [0.717, 1.165) is 22.8 Å². The van der Waals surface area contributed by atoms with Gasteiger partial charge in [-0.25, -0.2) is 0 Å². The molecule has 6 heteroatoms. The molecule has 0 spiro atoms. The van der Waals surface area contributed by atoms with Gasteiger partial charge in [-0.15, -0.1) is 11.8 Å². The van der Waals surface area contributed by atoms with Crippen LogP contribution in [0.2, 0.25) is 0 Å². The molecule has 2 rings (SSSR count). The highest BCUT2D eigenvalue weighted by molar-refractivity contribution is 7.99. The third-order valence-corrected chi connectivity index (χ3v) is 4.29. The van der Waals surface area contributed by atoms with Crippen LogP contribution in [0.15, 0.2) is 41.0 Å². The first-order valence-corrected chi connectivity index (χ1v) is 8.41. The smallest absolute Gasteiger partial charge is 0.230 e. The van der Waals surface area contributed by atoms with Gasteiger partial charge in [-0.2, -0.15) is 0 Å². The van der Waals surface area contributed by atoms with Crippen molar-refractivity contribution < 1.29 is 18.7 Å². The lowest BCUT2D eigenvalue weighted by molar-refractivity contribution is -0.119. The molecule has 0 aliphatic rings. The lowest BCUT2D eigenvalue weighted by Crippen LogP contribution is -2.28. The second-order valence-corrected chi connectivity index (χ2v) is 5.95. The number of hydrogen-bond acceptors (Lipinski definition) is 5. The van der Waals surface area contributed by atoms with Crippen LogP contribution in [0.25, 0.3) is 0 Å². The summed E-state index contributed by atoms with van der Waals surface area (Å²) in [6.45, 7) is 1.92. The van der Waals surface area contributed by atoms with Crippen LogP contribution < -0.4 is 14.8 Å². The van der Waals surface area contributed by atoms with Gasteiger partial charge in [0.2, 0.25) is 5.91 Å². The topological polar surface area (TPSA) is 60.7 Å². The normalized spacial score (nSPS) is 11.8. The molecule has 0 saturated heterocycles. The number of ether oxygens (including phenoxy) is 2. The summed E-state index contributed by atoms with van der Waals surface area (Å²) in [6, 6.07) is 9.11. The summed E-state index contributed by atoms with van der Waals surface area (Å²) in [5.41, 5.74) is 0.885. The molecule has 0 saturated carbocycles. The first-order chi connectivity index (χ1) is 11.1. The summed E-state index contributed by atoms with van der Waals surface area (Å²) in [5, 5.41) is 2.98. The molecule has 1 unspecified atom stereocenters. The standard InChI is InChI=1S/C17H21NO4S/c1-12(15-9-13(20-2)6-7-16(15)21-3)18-17(19)11-23-10-14-5-4-8-22-14/h4-9,12H,10-11H2,1-3H3,(H,18,19). The Balaban J connectivity index is 1.90. The molecule has 0 radical (unpaired) electrons. The van der Waals surface area contributed by atoms with Crippen LogP contribution in [0.3, 0.4) is 0 Å². The highest BCUT2D eigenvalue weighted by Gasteiger charge is 2.15. The van der Waals surface area contributed by atoms with Gasteiger partial charge in [-0.3, -0.25) is 4.79 Å². The Kier molecular flexibility index (Phi) is 6.40. The van der Waals surface area contributed by atoms with Crippen LogP contribution in [0.4, 0.5) is 0 Å². The quantitative estimate of drug-likeness (QED) is 0.801. The molecule has 5 nitrogen and oxygen atoms in total. The Labute approximate surface area is 140 Å². The van der Waals surface area contributed by atoms with Crippen molar-refractivity contribution in [3.8, 4) is 11.5 Å². The van der Waals surface area contributed by atoms with Gasteiger partial charge in [0.25, 0.3) is 0 Å². The van der Waals surface area contributed by atoms with Gasteiger partial charge in [-0.05, 0) is 37.3 Å². The highest BCUT2D eigenvalue weighted by atomic mass is 32.2. The number of nitrogens with one attached hydrogen (secondary N) is 1. The molecule has 1 atom stereocenters. The largest absolute Gasteiger partial charge is 0.497 e. The molecule has 124 valence electrons. The van der Waals surface area contributed by atoms with Gasteiger partial charge in [0.15, 0.2) is 0 Å². The van der Waals surface area contributed by atoms with Gasteiger partial charge in [0.1, 0.15) is 17.3 Å². The summed E-state index contributed by atoms with van der Waals surface area (Å²) in [7, 11) is 3.22. The van der Waals surface area contributed by atoms with Crippen molar-refractivity contribution >= 4 is 17.7 Å². The summed E-state index contributed by atoms with van der Waals surface area (Å²) in [4.78, 5) is 12.1. The first kappa shape index (κ1) is 17.3. The zero-order valence-electron chi connectivity index (χ0n) is 13.5. The van der Waals surface area contributed by atoms with E-state index in [1.165, 1.54) is 11.8 Å². The van der Waals surface area contributed by atoms with Gasteiger partial charge in [0, 0.05) is 5.56 Å². The Hall–Kier alpha value is -2.08. The fourth-order valence-electron chi connectivity index (χ4n) is 2.18. The van der Waals surface area contributed by atoms with Crippen molar-refractivity contribution in [1.82, 2.24) is 5.32 Å². The zero-order valence-corrected chi connectivity index (χ0v) is 14.3. The lowest BCUT2D eigenvalue weighted by Gasteiger charge is -2.18. The molecule has 1 heterocycles. The van der Waals surface area contributed by atoms with Crippen LogP contribution >= 0.6 is 11.8 Å². The van der Waals surface area contributed by atoms with E-state index in [9.17, 15) is 4.79 Å². The van der Waals surface area contributed by atoms with Crippen molar-refractivity contribution in [1.29, 1.82) is 0 Å². The average Bonchev–Trinajstić information content (AvgIpc) is 3.07. The average molecular weight is 335 g/mol. The summed E-state index contributed by atoms with van der Waals surface area (Å²) in [6.07, 6.45) is 1.63. The molecule has 0 aliphatic heterocycles. The van der Waals surface area contributed by atoms with Gasteiger partial charge < -0.3 is 19.2 Å². The minimum Gasteiger partial charge on any atom is -0.497 e. The first-order valence-electron chi connectivity index (χ1n) is 7.25. The fourth-order valence-corrected chi connectivity index (χ4v) is 2.91. The summed E-state index contributed by atoms with van der Waals surface area (Å²) < 4.78 is 15.8. The van der Waals surface area contributed by atoms with Crippen molar-refractivity contribution in [3.63, 3.8) is 0 Å². The van der Waals surface area contributed by atoms with Crippen LogP contribution in [-0.4, -0.2) is 25.9 Å². The highest BCUT2D eigenvalue weighted by Crippen LogP contribution is 2.29. The number of thioether (sulfide) groups is 1. The van der Waals surface area contributed by atoms with Crippen molar-refractivity contribution in [2.24, 2.45) is 0 Å². The second kappa shape index (κ2) is 8.53. The number of rotatable bonds is 8. The SMILES string of the molecule is COc1ccc(OC)c(C(C)NC(=O)CSCc2ccco2)c1. The maximum atomic E-state index is 12.1. The molecule has 1 aromatic carbocycles. The molecule has 1 amide bonds. The van der Waals surface area contributed by atoms with Crippen LogP contribution in [0.5, 0.6) is 11.5 Å². The minimum atomic E-state index is -0.170. The van der Waals surface area contributed by atoms with Crippen LogP contribution in [-0.2, 0) is 10.5 Å². The van der Waals surface area contributed by atoms with Crippen molar-refractivity contribution in [2.75, 3.05) is 20.0 Å². The molecular weight excluding hydrogens is 314 g/mol. The van der Waals surface area contributed by atoms with E-state index in [4.69, 9.17) is 13.9 Å². The number of methoxy groups -OCH3 is 2. The van der Waals surface area contributed by atoms with E-state index in [1.807, 2.05) is 37.3 Å². The maximum Gasteiger partial charge on any atom is 0.230 e. The Bertz CT molecular complexity index is 628. The number of hydrogen-bond donors (Lipinski definition) is 1. The van der Waals surface area contributed by atoms with Crippen molar-refractivity contribution in [3.05, 3.63) is 47.9 Å². The van der Waals surface area contributed by atoms with E-state index in [2.05, 4.69) is 5.32 Å². The lowest BCUT2D eigenvalue weighted by atomic mass is 10.1. The molecular formula is C17H21NO4S. The molecule has 0 bridgehead atoms. The number of amides is 1. The molecule has 23 heavy (non-hydrogen) atoms. The Morgan fingerprint density at radius 3 is 2.78 bits per heavy atom. The molecule has 1 N–H and O–H groups in total. The zero-order chi connectivity index (χ0) is 16.7. The predicted octanol–water partition coefficient (Wildman–Crippen LogP) is 3.41. The Morgan fingerprint density at radius 1 is 1.30 bits per heavy atom. The monoisotopic (exact) mass is 335 g/mol. The minimum absolute atomic E-state index is 0.0288. The third kappa shape index (κ3) is 4.96. The third-order valence-electron chi connectivity index (χ3n) is 3.34. The van der Waals surface area contributed by atoms with E-state index >= 15 is 0 Å². The van der Waals surface area contributed by atoms with E-state index in [1.54, 1.807) is 20.5 Å². The molecule has 1 aromatic heterocycles. The maximum absolute atomic E-state index is 12.1. The van der Waals surface area contributed by atoms with Gasteiger partial charge in [-0.1, -0.05) is 0 Å². The second-order valence-electron chi connectivity index (χ2n) is 4.97. The molecule has 2 aromatic rings. The number of carbonyl (C=O) groups excluding carboxylic acids is 1. The number of benzene rings is 1. The molecule has 0 aliphatic carbocycles. The van der Waals surface area contributed by atoms with E-state index in [0.29, 0.717) is 11.5 Å². The van der Waals surface area contributed by atoms with E-state index in [-0.39, 0.29) is 11.9 Å². The predicted molar refractivity (Wildman–Crippen MR) is 91.0 cm³/mol. The van der Waals surface area contributed by atoms with Crippen LogP contribution in [0.1, 0.15) is 24.3 Å². The van der Waals surface area contributed by atoms with Crippen LogP contribution in [0, 0.1) is 0 Å². The van der Waals surface area contributed by atoms with Gasteiger partial charge >= 0.3 is 0 Å². The number of furan rings is 1. The fraction of sp³-hybridized carbons (Fsp3) is 0.353. The van der Waals surface area contributed by atoms with E-state index < -0.39 is 0 Å². The summed E-state index contributed by atoms with van der Waals surface area (Å²) in [5.74, 6) is 3.34. The number of carbonyl (C=O) groups is 1. The van der Waals surface area contributed by atoms with Gasteiger partial charge in [0.05, 0.1) is 38.0 Å². The van der Waals surface area contributed by atoms with Crippen molar-refractivity contribution in [2.45, 2.75) is 18.7 Å².